The van der Waals surface area contributed by atoms with Crippen LogP contribution in [-0.4, -0.2) is 9.13 Å². The number of rotatable bonds is 8. The molecule has 0 unspecified atom stereocenters. The minimum atomic E-state index is 1.00. The van der Waals surface area contributed by atoms with Gasteiger partial charge in [0.05, 0.1) is 22.1 Å². The second-order valence-electron chi connectivity index (χ2n) is 18.7. The number of fused-ring (bicyclic) bond motifs is 8. The Morgan fingerprint density at radius 1 is 0.275 bits per heavy atom. The molecule has 0 amide bonds. The highest BCUT2D eigenvalue weighted by Crippen LogP contribution is 2.42. The Balaban J connectivity index is 1.02. The Hall–Kier alpha value is -8.46. The van der Waals surface area contributed by atoms with Gasteiger partial charge < -0.3 is 9.13 Å². The summed E-state index contributed by atoms with van der Waals surface area (Å²) >= 11 is 0. The molecule has 0 aliphatic rings. The van der Waals surface area contributed by atoms with Gasteiger partial charge in [-0.3, -0.25) is 0 Å². The van der Waals surface area contributed by atoms with E-state index in [0.29, 0.717) is 0 Å². The first-order valence-electron chi connectivity index (χ1n) is 24.4. The molecule has 0 atom stereocenters. The minimum absolute atomic E-state index is 1.00. The zero-order valence-corrected chi connectivity index (χ0v) is 39.2. The largest absolute Gasteiger partial charge is 0.309 e. The van der Waals surface area contributed by atoms with Crippen LogP contribution in [0, 0.1) is 6.92 Å². The maximum Gasteiger partial charge on any atom is 0.0541 e. The van der Waals surface area contributed by atoms with Crippen LogP contribution in [0.3, 0.4) is 0 Å². The fourth-order valence-electron chi connectivity index (χ4n) is 11.2. The third-order valence-corrected chi connectivity index (χ3v) is 14.9. The Morgan fingerprint density at radius 2 is 0.638 bits per heavy atom. The second-order valence-corrected chi connectivity index (χ2v) is 18.7. The smallest absolute Gasteiger partial charge is 0.0541 e. The van der Waals surface area contributed by atoms with Gasteiger partial charge in [0.15, 0.2) is 0 Å². The lowest BCUT2D eigenvalue weighted by molar-refractivity contribution is 1.02. The van der Waals surface area contributed by atoms with Gasteiger partial charge in [-0.05, 0) is 187 Å². The molecule has 69 heavy (non-hydrogen) atoms. The van der Waals surface area contributed by atoms with Crippen molar-refractivity contribution in [2.45, 2.75) is 33.6 Å². The van der Waals surface area contributed by atoms with Gasteiger partial charge in [-0.1, -0.05) is 153 Å². The SMILES string of the molecule is CCc1cc(-n2c3ccc(-c4ccccc4)cc3c3cc(-c4ccc5c(c4)c4cc(-c6ccc7ccccc7c6)ccc4n5-c4ccc5ccc(-c6ccccc6)cc5c4)ccc32)cc(CC)c1C. The quantitative estimate of drug-likeness (QED) is 0.144. The van der Waals surface area contributed by atoms with Crippen molar-refractivity contribution in [3.05, 3.63) is 241 Å². The summed E-state index contributed by atoms with van der Waals surface area (Å²) in [7, 11) is 0. The van der Waals surface area contributed by atoms with Crippen molar-refractivity contribution >= 4 is 65.2 Å². The molecule has 0 saturated heterocycles. The molecule has 2 heterocycles. The van der Waals surface area contributed by atoms with Gasteiger partial charge in [-0.2, -0.15) is 0 Å². The van der Waals surface area contributed by atoms with Crippen molar-refractivity contribution in [1.82, 2.24) is 9.13 Å². The van der Waals surface area contributed by atoms with E-state index in [-0.39, 0.29) is 0 Å². The van der Waals surface area contributed by atoms with Crippen molar-refractivity contribution < 1.29 is 0 Å². The third kappa shape index (κ3) is 6.86. The molecular formula is C67H50N2. The molecule has 13 rings (SSSR count). The molecule has 2 nitrogen and oxygen atoms in total. The molecule has 13 aromatic rings. The van der Waals surface area contributed by atoms with Crippen LogP contribution in [0.15, 0.2) is 224 Å². The molecule has 328 valence electrons. The van der Waals surface area contributed by atoms with E-state index in [2.05, 4.69) is 254 Å². The second kappa shape index (κ2) is 16.4. The molecule has 11 aromatic carbocycles. The molecule has 0 saturated carbocycles. The van der Waals surface area contributed by atoms with Gasteiger partial charge in [0.25, 0.3) is 0 Å². The van der Waals surface area contributed by atoms with E-state index < -0.39 is 0 Å². The highest BCUT2D eigenvalue weighted by Gasteiger charge is 2.19. The zero-order valence-electron chi connectivity index (χ0n) is 39.2. The zero-order chi connectivity index (χ0) is 46.2. The summed E-state index contributed by atoms with van der Waals surface area (Å²) in [6, 6.07) is 83.8. The Labute approximate surface area is 403 Å². The summed E-state index contributed by atoms with van der Waals surface area (Å²) < 4.78 is 4.96. The fraction of sp³-hybridized carbons (Fsp3) is 0.0746. The molecule has 2 heteroatoms. The maximum atomic E-state index is 2.50. The van der Waals surface area contributed by atoms with Crippen molar-refractivity contribution in [3.8, 4) is 55.9 Å². The first kappa shape index (κ1) is 40.8. The fourth-order valence-corrected chi connectivity index (χ4v) is 11.2. The Bertz CT molecular complexity index is 4120. The lowest BCUT2D eigenvalue weighted by atomic mass is 9.97. The molecule has 2 aromatic heterocycles. The summed E-state index contributed by atoms with van der Waals surface area (Å²) in [6.45, 7) is 6.84. The first-order valence-corrected chi connectivity index (χ1v) is 24.4. The monoisotopic (exact) mass is 882 g/mol. The van der Waals surface area contributed by atoms with Gasteiger partial charge in [0.2, 0.25) is 0 Å². The molecule has 0 radical (unpaired) electrons. The number of nitrogens with zero attached hydrogens (tertiary/aromatic N) is 2. The van der Waals surface area contributed by atoms with E-state index in [4.69, 9.17) is 0 Å². The predicted octanol–water partition coefficient (Wildman–Crippen LogP) is 18.3. The summed E-state index contributed by atoms with van der Waals surface area (Å²) in [4.78, 5) is 0. The van der Waals surface area contributed by atoms with Crippen LogP contribution >= 0.6 is 0 Å². The highest BCUT2D eigenvalue weighted by molar-refractivity contribution is 6.14. The predicted molar refractivity (Wildman–Crippen MR) is 295 cm³/mol. The lowest BCUT2D eigenvalue weighted by Gasteiger charge is -2.15. The topological polar surface area (TPSA) is 9.86 Å². The van der Waals surface area contributed by atoms with Crippen LogP contribution in [0.4, 0.5) is 0 Å². The van der Waals surface area contributed by atoms with Crippen LogP contribution in [0.25, 0.3) is 121 Å². The Morgan fingerprint density at radius 3 is 1.13 bits per heavy atom. The van der Waals surface area contributed by atoms with Crippen LogP contribution in [0.5, 0.6) is 0 Å². The van der Waals surface area contributed by atoms with Gasteiger partial charge in [-0.15, -0.1) is 0 Å². The van der Waals surface area contributed by atoms with Crippen LogP contribution in [0.2, 0.25) is 0 Å². The third-order valence-electron chi connectivity index (χ3n) is 14.9. The van der Waals surface area contributed by atoms with Crippen molar-refractivity contribution in [1.29, 1.82) is 0 Å². The van der Waals surface area contributed by atoms with E-state index in [1.807, 2.05) is 0 Å². The average molecular weight is 883 g/mol. The standard InChI is InChI=1S/C67H50N2/c1-4-44-36-59(37-45(5-2)43(44)3)69-66-30-25-53(47-16-10-7-11-17-47)39-60(66)63-42-56(28-33-67(63)69)55-27-32-65-62(41-55)61-40-54(52-23-20-48-18-12-13-19-50(48)34-52)26-31-64(61)68(65)58-29-24-49-21-22-51(35-57(49)38-58)46-14-8-6-9-15-46/h6-42H,4-5H2,1-3H3. The molecule has 0 bridgehead atoms. The van der Waals surface area contributed by atoms with Gasteiger partial charge in [0.1, 0.15) is 0 Å². The molecule has 0 aliphatic carbocycles. The van der Waals surface area contributed by atoms with Gasteiger partial charge in [0, 0.05) is 32.9 Å². The normalized spacial score (nSPS) is 11.8. The number of aryl methyl sites for hydroxylation is 2. The van der Waals surface area contributed by atoms with Gasteiger partial charge in [-0.25, -0.2) is 0 Å². The number of hydrogen-bond acceptors (Lipinski definition) is 0. The lowest BCUT2D eigenvalue weighted by Crippen LogP contribution is -2.01. The van der Waals surface area contributed by atoms with Crippen LogP contribution in [0.1, 0.15) is 30.5 Å². The number of aromatic nitrogens is 2. The highest BCUT2D eigenvalue weighted by atomic mass is 15.0. The molecule has 0 fully saturated rings. The summed E-state index contributed by atoms with van der Waals surface area (Å²) in [5.74, 6) is 0. The van der Waals surface area contributed by atoms with E-state index in [9.17, 15) is 0 Å². The van der Waals surface area contributed by atoms with Crippen molar-refractivity contribution in [2.24, 2.45) is 0 Å². The van der Waals surface area contributed by atoms with Crippen LogP contribution < -0.4 is 0 Å². The number of hydrogen-bond donors (Lipinski definition) is 0. The summed E-state index contributed by atoms with van der Waals surface area (Å²) in [6.07, 6.45) is 2.01. The molecule has 0 spiro atoms. The maximum absolute atomic E-state index is 2.50. The molecular weight excluding hydrogens is 833 g/mol. The minimum Gasteiger partial charge on any atom is -0.309 e. The van der Waals surface area contributed by atoms with E-state index in [1.165, 1.54) is 132 Å². The van der Waals surface area contributed by atoms with Crippen molar-refractivity contribution in [2.75, 3.05) is 0 Å². The summed E-state index contributed by atoms with van der Waals surface area (Å²) in [5.41, 5.74) is 21.1. The van der Waals surface area contributed by atoms with E-state index >= 15 is 0 Å². The Kier molecular flexibility index (Phi) is 9.69. The average Bonchev–Trinajstić information content (AvgIpc) is 3.92. The van der Waals surface area contributed by atoms with Crippen LogP contribution in [-0.2, 0) is 12.8 Å². The molecule has 0 aliphatic heterocycles. The van der Waals surface area contributed by atoms with E-state index in [1.54, 1.807) is 0 Å². The first-order chi connectivity index (χ1) is 34.0. The summed E-state index contributed by atoms with van der Waals surface area (Å²) in [5, 5.41) is 9.93. The van der Waals surface area contributed by atoms with E-state index in [0.717, 1.165) is 18.5 Å². The molecule has 0 N–H and O–H groups in total. The number of benzene rings is 11. The van der Waals surface area contributed by atoms with Crippen molar-refractivity contribution in [3.63, 3.8) is 0 Å². The van der Waals surface area contributed by atoms with Gasteiger partial charge >= 0.3 is 0 Å².